The molecule has 2 aromatic rings. The van der Waals surface area contributed by atoms with Crippen LogP contribution in [-0.2, 0) is 16.1 Å². The van der Waals surface area contributed by atoms with E-state index in [1.807, 2.05) is 30.3 Å². The molecule has 1 aliphatic rings. The number of hydrogen-bond acceptors (Lipinski definition) is 4. The average Bonchev–Trinajstić information content (AvgIpc) is 3.00. The number of piperidine rings is 1. The molecule has 23 heavy (non-hydrogen) atoms. The standard InChI is InChI=1S/C17H17N3O3/c21-15(8-13-6-7-16(22)19-17(13)23)14-9-18-20(11-14)10-12-4-2-1-3-5-12/h1-5,9,11,13H,6-8,10H2,(H,19,22,23). The van der Waals surface area contributed by atoms with Crippen molar-refractivity contribution in [1.82, 2.24) is 15.1 Å². The molecule has 1 fully saturated rings. The van der Waals surface area contributed by atoms with Crippen LogP contribution in [0.4, 0.5) is 0 Å². The number of nitrogens with zero attached hydrogens (tertiary/aromatic N) is 2. The maximum Gasteiger partial charge on any atom is 0.230 e. The van der Waals surface area contributed by atoms with Gasteiger partial charge in [-0.05, 0) is 12.0 Å². The zero-order chi connectivity index (χ0) is 16.2. The second kappa shape index (κ2) is 6.56. The first kappa shape index (κ1) is 15.1. The topological polar surface area (TPSA) is 81.1 Å². The summed E-state index contributed by atoms with van der Waals surface area (Å²) in [5, 5.41) is 6.47. The van der Waals surface area contributed by atoms with E-state index in [-0.39, 0.29) is 30.4 Å². The quantitative estimate of drug-likeness (QED) is 0.671. The summed E-state index contributed by atoms with van der Waals surface area (Å²) in [7, 11) is 0. The number of carbonyl (C=O) groups is 3. The predicted octanol–water partition coefficient (Wildman–Crippen LogP) is 1.56. The highest BCUT2D eigenvalue weighted by Crippen LogP contribution is 2.19. The van der Waals surface area contributed by atoms with Crippen LogP contribution in [0.5, 0.6) is 0 Å². The van der Waals surface area contributed by atoms with E-state index in [1.165, 1.54) is 6.20 Å². The van der Waals surface area contributed by atoms with Crippen LogP contribution >= 0.6 is 0 Å². The van der Waals surface area contributed by atoms with Crippen molar-refractivity contribution in [2.75, 3.05) is 0 Å². The van der Waals surface area contributed by atoms with Crippen molar-refractivity contribution in [3.63, 3.8) is 0 Å². The molecule has 1 N–H and O–H groups in total. The van der Waals surface area contributed by atoms with E-state index >= 15 is 0 Å². The van der Waals surface area contributed by atoms with Gasteiger partial charge in [0.25, 0.3) is 0 Å². The third-order valence-electron chi connectivity index (χ3n) is 3.93. The number of rotatable bonds is 5. The van der Waals surface area contributed by atoms with E-state index in [2.05, 4.69) is 10.4 Å². The zero-order valence-corrected chi connectivity index (χ0v) is 12.6. The van der Waals surface area contributed by atoms with Crippen LogP contribution in [0.15, 0.2) is 42.7 Å². The predicted molar refractivity (Wildman–Crippen MR) is 82.6 cm³/mol. The molecule has 0 radical (unpaired) electrons. The number of aromatic nitrogens is 2. The lowest BCUT2D eigenvalue weighted by atomic mass is 9.91. The first-order chi connectivity index (χ1) is 11.1. The third-order valence-corrected chi connectivity index (χ3v) is 3.93. The van der Waals surface area contributed by atoms with Gasteiger partial charge in [-0.3, -0.25) is 24.4 Å². The Morgan fingerprint density at radius 1 is 1.26 bits per heavy atom. The Hall–Kier alpha value is -2.76. The van der Waals surface area contributed by atoms with Gasteiger partial charge in [-0.2, -0.15) is 5.10 Å². The second-order valence-electron chi connectivity index (χ2n) is 5.69. The van der Waals surface area contributed by atoms with Crippen LogP contribution in [0.2, 0.25) is 0 Å². The largest absolute Gasteiger partial charge is 0.296 e. The molecule has 2 heterocycles. The second-order valence-corrected chi connectivity index (χ2v) is 5.69. The van der Waals surface area contributed by atoms with E-state index in [4.69, 9.17) is 0 Å². The maximum atomic E-state index is 12.3. The molecule has 0 bridgehead atoms. The first-order valence-corrected chi connectivity index (χ1v) is 7.55. The molecule has 0 spiro atoms. The summed E-state index contributed by atoms with van der Waals surface area (Å²) in [5.74, 6) is -1.18. The van der Waals surface area contributed by atoms with Gasteiger partial charge in [0.05, 0.1) is 18.3 Å². The molecule has 0 saturated carbocycles. The van der Waals surface area contributed by atoms with Crippen LogP contribution in [0.25, 0.3) is 0 Å². The Kier molecular flexibility index (Phi) is 4.32. The summed E-state index contributed by atoms with van der Waals surface area (Å²) in [4.78, 5) is 35.1. The summed E-state index contributed by atoms with van der Waals surface area (Å²) in [6, 6.07) is 9.84. The molecule has 6 nitrogen and oxygen atoms in total. The number of imide groups is 1. The van der Waals surface area contributed by atoms with E-state index in [0.717, 1.165) is 5.56 Å². The van der Waals surface area contributed by atoms with Crippen LogP contribution < -0.4 is 5.32 Å². The minimum absolute atomic E-state index is 0.107. The molecule has 3 rings (SSSR count). The zero-order valence-electron chi connectivity index (χ0n) is 12.6. The van der Waals surface area contributed by atoms with Gasteiger partial charge in [-0.25, -0.2) is 0 Å². The summed E-state index contributed by atoms with van der Waals surface area (Å²) in [6.45, 7) is 0.590. The molecule has 1 aliphatic heterocycles. The normalized spacial score (nSPS) is 17.8. The summed E-state index contributed by atoms with van der Waals surface area (Å²) in [5.41, 5.74) is 1.59. The number of hydrogen-bond donors (Lipinski definition) is 1. The van der Waals surface area contributed by atoms with Gasteiger partial charge < -0.3 is 0 Å². The molecule has 1 saturated heterocycles. The van der Waals surface area contributed by atoms with E-state index in [0.29, 0.717) is 18.5 Å². The van der Waals surface area contributed by atoms with Crippen LogP contribution in [0.1, 0.15) is 35.2 Å². The SMILES string of the molecule is O=C1CCC(CC(=O)c2cnn(Cc3ccccc3)c2)C(=O)N1. The first-order valence-electron chi connectivity index (χ1n) is 7.55. The van der Waals surface area contributed by atoms with Crippen molar-refractivity contribution >= 4 is 17.6 Å². The Bertz CT molecular complexity index is 737. The fourth-order valence-corrected chi connectivity index (χ4v) is 2.64. The fourth-order valence-electron chi connectivity index (χ4n) is 2.64. The lowest BCUT2D eigenvalue weighted by molar-refractivity contribution is -0.136. The minimum Gasteiger partial charge on any atom is -0.296 e. The van der Waals surface area contributed by atoms with Gasteiger partial charge in [0.1, 0.15) is 0 Å². The minimum atomic E-state index is -0.433. The fraction of sp³-hybridized carbons (Fsp3) is 0.294. The maximum absolute atomic E-state index is 12.3. The molecular formula is C17H17N3O3. The monoisotopic (exact) mass is 311 g/mol. The van der Waals surface area contributed by atoms with Crippen molar-refractivity contribution in [2.45, 2.75) is 25.8 Å². The lowest BCUT2D eigenvalue weighted by Gasteiger charge is -2.19. The number of Topliss-reactive ketones (excluding diaryl/α,β-unsaturated/α-hetero) is 1. The van der Waals surface area contributed by atoms with Crippen molar-refractivity contribution in [2.24, 2.45) is 5.92 Å². The van der Waals surface area contributed by atoms with Gasteiger partial charge >= 0.3 is 0 Å². The van der Waals surface area contributed by atoms with Gasteiger partial charge in [0.15, 0.2) is 5.78 Å². The molecule has 118 valence electrons. The molecule has 1 aromatic heterocycles. The van der Waals surface area contributed by atoms with E-state index in [9.17, 15) is 14.4 Å². The van der Waals surface area contributed by atoms with Gasteiger partial charge in [-0.1, -0.05) is 30.3 Å². The summed E-state index contributed by atoms with van der Waals surface area (Å²) >= 11 is 0. The number of benzene rings is 1. The van der Waals surface area contributed by atoms with Crippen molar-refractivity contribution < 1.29 is 14.4 Å². The van der Waals surface area contributed by atoms with Gasteiger partial charge in [-0.15, -0.1) is 0 Å². The van der Waals surface area contributed by atoms with E-state index < -0.39 is 5.92 Å². The van der Waals surface area contributed by atoms with Crippen LogP contribution in [-0.4, -0.2) is 27.4 Å². The lowest BCUT2D eigenvalue weighted by Crippen LogP contribution is -2.41. The van der Waals surface area contributed by atoms with Crippen molar-refractivity contribution in [1.29, 1.82) is 0 Å². The number of nitrogens with one attached hydrogen (secondary N) is 1. The average molecular weight is 311 g/mol. The smallest absolute Gasteiger partial charge is 0.230 e. The number of ketones is 1. The Morgan fingerprint density at radius 3 is 2.78 bits per heavy atom. The Labute approximate surface area is 133 Å². The highest BCUT2D eigenvalue weighted by Gasteiger charge is 2.29. The number of amides is 2. The molecule has 2 amide bonds. The summed E-state index contributed by atoms with van der Waals surface area (Å²) < 4.78 is 1.70. The molecule has 0 aliphatic carbocycles. The molecular weight excluding hydrogens is 294 g/mol. The van der Waals surface area contributed by atoms with Gasteiger partial charge in [0.2, 0.25) is 11.8 Å². The van der Waals surface area contributed by atoms with E-state index in [1.54, 1.807) is 10.9 Å². The van der Waals surface area contributed by atoms with Gasteiger partial charge in [0, 0.05) is 25.0 Å². The highest BCUT2D eigenvalue weighted by molar-refractivity contribution is 6.03. The van der Waals surface area contributed by atoms with Crippen LogP contribution in [0, 0.1) is 5.92 Å². The third kappa shape index (κ3) is 3.71. The molecule has 1 atom stereocenters. The van der Waals surface area contributed by atoms with Crippen molar-refractivity contribution in [3.8, 4) is 0 Å². The molecule has 1 aromatic carbocycles. The summed E-state index contributed by atoms with van der Waals surface area (Å²) in [6.07, 6.45) is 4.04. The molecule has 6 heteroatoms. The highest BCUT2D eigenvalue weighted by atomic mass is 16.2. The number of carbonyl (C=O) groups excluding carboxylic acids is 3. The molecule has 1 unspecified atom stereocenters. The van der Waals surface area contributed by atoms with Crippen LogP contribution in [0.3, 0.4) is 0 Å². The Morgan fingerprint density at radius 2 is 2.04 bits per heavy atom. The Balaban J connectivity index is 1.62. The van der Waals surface area contributed by atoms with Crippen molar-refractivity contribution in [3.05, 3.63) is 53.9 Å².